The molecule has 0 aliphatic rings. The van der Waals surface area contributed by atoms with Crippen LogP contribution in [0, 0.1) is 0 Å². The summed E-state index contributed by atoms with van der Waals surface area (Å²) in [5.41, 5.74) is 5.24. The van der Waals surface area contributed by atoms with E-state index in [9.17, 15) is 0 Å². The molecule has 10 rings (SSSR count). The van der Waals surface area contributed by atoms with Crippen LogP contribution in [0.2, 0.25) is 0 Å². The lowest BCUT2D eigenvalue weighted by Crippen LogP contribution is -2.01. The predicted molar refractivity (Wildman–Crippen MR) is 207 cm³/mol. The largest absolute Gasteiger partial charge is 0.208 e. The highest BCUT2D eigenvalue weighted by molar-refractivity contribution is 7.25. The molecule has 4 heteroatoms. The molecule has 3 nitrogen and oxygen atoms in total. The molecular formula is C45H27N3S. The van der Waals surface area contributed by atoms with Gasteiger partial charge in [0.1, 0.15) is 0 Å². The van der Waals surface area contributed by atoms with Gasteiger partial charge in [-0.15, -0.1) is 11.3 Å². The SMILES string of the molecule is c1cc(-c2nc(-c3ccc4ccccc4c3)nc(-c3cc4ccccc4c4ccccc34)n2)cc(-c2cccc3sc4ccccc4c23)c1. The van der Waals surface area contributed by atoms with Gasteiger partial charge in [-0.25, -0.2) is 15.0 Å². The van der Waals surface area contributed by atoms with Gasteiger partial charge >= 0.3 is 0 Å². The predicted octanol–water partition coefficient (Wildman–Crippen LogP) is 12.4. The first-order valence-corrected chi connectivity index (χ1v) is 17.3. The second-order valence-corrected chi connectivity index (χ2v) is 13.5. The quantitative estimate of drug-likeness (QED) is 0.180. The number of rotatable bonds is 4. The average Bonchev–Trinajstić information content (AvgIpc) is 3.56. The highest BCUT2D eigenvalue weighted by atomic mass is 32.1. The van der Waals surface area contributed by atoms with Crippen molar-refractivity contribution in [2.75, 3.05) is 0 Å². The van der Waals surface area contributed by atoms with Crippen molar-refractivity contribution in [3.8, 4) is 45.3 Å². The molecule has 0 amide bonds. The molecule has 228 valence electrons. The second-order valence-electron chi connectivity index (χ2n) is 12.4. The number of benzene rings is 8. The molecule has 0 atom stereocenters. The number of fused-ring (bicyclic) bond motifs is 7. The highest BCUT2D eigenvalue weighted by Crippen LogP contribution is 2.41. The van der Waals surface area contributed by atoms with Crippen LogP contribution >= 0.6 is 11.3 Å². The van der Waals surface area contributed by atoms with Crippen LogP contribution in [0.1, 0.15) is 0 Å². The number of aromatic nitrogens is 3. The molecule has 0 aliphatic heterocycles. The van der Waals surface area contributed by atoms with Gasteiger partial charge in [-0.2, -0.15) is 0 Å². The van der Waals surface area contributed by atoms with Crippen molar-refractivity contribution in [2.45, 2.75) is 0 Å². The molecule has 0 radical (unpaired) electrons. The van der Waals surface area contributed by atoms with E-state index >= 15 is 0 Å². The number of hydrogen-bond donors (Lipinski definition) is 0. The zero-order valence-corrected chi connectivity index (χ0v) is 27.2. The average molecular weight is 642 g/mol. The fourth-order valence-corrected chi connectivity index (χ4v) is 8.30. The summed E-state index contributed by atoms with van der Waals surface area (Å²) in [4.78, 5) is 15.6. The minimum absolute atomic E-state index is 0.648. The Morgan fingerprint density at radius 3 is 1.80 bits per heavy atom. The van der Waals surface area contributed by atoms with E-state index in [0.717, 1.165) is 38.4 Å². The van der Waals surface area contributed by atoms with E-state index in [1.54, 1.807) is 0 Å². The van der Waals surface area contributed by atoms with Gasteiger partial charge in [-0.1, -0.05) is 133 Å². The molecule has 0 N–H and O–H groups in total. The molecule has 0 saturated carbocycles. The summed E-state index contributed by atoms with van der Waals surface area (Å²) in [7, 11) is 0. The fourth-order valence-electron chi connectivity index (χ4n) is 7.16. The Morgan fingerprint density at radius 2 is 0.939 bits per heavy atom. The zero-order chi connectivity index (χ0) is 32.3. The monoisotopic (exact) mass is 641 g/mol. The maximum Gasteiger partial charge on any atom is 0.164 e. The van der Waals surface area contributed by atoms with Crippen molar-refractivity contribution in [3.63, 3.8) is 0 Å². The Morgan fingerprint density at radius 1 is 0.327 bits per heavy atom. The van der Waals surface area contributed by atoms with Gasteiger partial charge in [0.15, 0.2) is 17.5 Å². The minimum atomic E-state index is 0.648. The first-order chi connectivity index (χ1) is 24.3. The number of nitrogens with zero attached hydrogens (tertiary/aromatic N) is 3. The molecule has 10 aromatic rings. The van der Waals surface area contributed by atoms with E-state index < -0.39 is 0 Å². The molecule has 0 unspecified atom stereocenters. The number of thiophene rings is 1. The maximum atomic E-state index is 5.24. The third kappa shape index (κ3) is 4.68. The summed E-state index contributed by atoms with van der Waals surface area (Å²) in [5.74, 6) is 1.96. The summed E-state index contributed by atoms with van der Waals surface area (Å²) in [6.07, 6.45) is 0. The van der Waals surface area contributed by atoms with Crippen molar-refractivity contribution >= 4 is 63.8 Å². The van der Waals surface area contributed by atoms with Crippen molar-refractivity contribution in [1.29, 1.82) is 0 Å². The summed E-state index contributed by atoms with van der Waals surface area (Å²) < 4.78 is 2.58. The van der Waals surface area contributed by atoms with Crippen LogP contribution < -0.4 is 0 Å². The lowest BCUT2D eigenvalue weighted by molar-refractivity contribution is 1.08. The molecule has 0 spiro atoms. The van der Waals surface area contributed by atoms with Crippen LogP contribution in [0.3, 0.4) is 0 Å². The van der Waals surface area contributed by atoms with Gasteiger partial charge in [0.05, 0.1) is 0 Å². The van der Waals surface area contributed by atoms with E-state index in [-0.39, 0.29) is 0 Å². The van der Waals surface area contributed by atoms with Crippen LogP contribution in [0.25, 0.3) is 97.8 Å². The van der Waals surface area contributed by atoms with Gasteiger partial charge in [0.2, 0.25) is 0 Å². The minimum Gasteiger partial charge on any atom is -0.208 e. The van der Waals surface area contributed by atoms with E-state index in [1.807, 2.05) is 11.3 Å². The van der Waals surface area contributed by atoms with Crippen molar-refractivity contribution in [2.24, 2.45) is 0 Å². The van der Waals surface area contributed by atoms with Crippen LogP contribution in [0.15, 0.2) is 164 Å². The first kappa shape index (κ1) is 27.8. The summed E-state index contributed by atoms with van der Waals surface area (Å²) in [6, 6.07) is 58.0. The molecule has 0 bridgehead atoms. The first-order valence-electron chi connectivity index (χ1n) is 16.4. The lowest BCUT2D eigenvalue weighted by Gasteiger charge is -2.13. The van der Waals surface area contributed by atoms with E-state index in [2.05, 4.69) is 164 Å². The van der Waals surface area contributed by atoms with E-state index in [1.165, 1.54) is 41.9 Å². The Balaban J connectivity index is 1.21. The zero-order valence-electron chi connectivity index (χ0n) is 26.3. The van der Waals surface area contributed by atoms with Crippen molar-refractivity contribution < 1.29 is 0 Å². The summed E-state index contributed by atoms with van der Waals surface area (Å²) >= 11 is 1.84. The maximum absolute atomic E-state index is 5.24. The molecule has 0 fully saturated rings. The van der Waals surface area contributed by atoms with Crippen molar-refractivity contribution in [1.82, 2.24) is 15.0 Å². The van der Waals surface area contributed by atoms with Gasteiger partial charge < -0.3 is 0 Å². The van der Waals surface area contributed by atoms with Gasteiger partial charge in [0, 0.05) is 36.9 Å². The topological polar surface area (TPSA) is 38.7 Å². The molecule has 2 heterocycles. The van der Waals surface area contributed by atoms with Gasteiger partial charge in [0.25, 0.3) is 0 Å². The Labute approximate surface area is 286 Å². The second kappa shape index (κ2) is 11.2. The van der Waals surface area contributed by atoms with Crippen LogP contribution in [0.5, 0.6) is 0 Å². The third-order valence-electron chi connectivity index (χ3n) is 9.49. The smallest absolute Gasteiger partial charge is 0.164 e. The molecule has 0 saturated heterocycles. The van der Waals surface area contributed by atoms with Gasteiger partial charge in [-0.05, 0) is 73.8 Å². The molecular weight excluding hydrogens is 615 g/mol. The molecule has 0 aliphatic carbocycles. The molecule has 49 heavy (non-hydrogen) atoms. The molecule has 8 aromatic carbocycles. The standard InChI is InChI=1S/C45H27N3S/c1-2-12-29-25-33(24-23-28(29)11-1)44-46-43(47-45(48-44)39-27-31-13-3-4-16-34(31)36-17-5-6-18-37(36)39)32-15-9-14-30(26-32)35-20-10-22-41-42(35)38-19-7-8-21-40(38)49-41/h1-27H. The fraction of sp³-hybridized carbons (Fsp3) is 0. The Kier molecular flexibility index (Phi) is 6.36. The van der Waals surface area contributed by atoms with Gasteiger partial charge in [-0.3, -0.25) is 0 Å². The van der Waals surface area contributed by atoms with Crippen LogP contribution in [-0.2, 0) is 0 Å². The van der Waals surface area contributed by atoms with E-state index in [4.69, 9.17) is 15.0 Å². The Bertz CT molecular complexity index is 2900. The summed E-state index contributed by atoms with van der Waals surface area (Å²) in [6.45, 7) is 0. The number of hydrogen-bond acceptors (Lipinski definition) is 4. The Hall–Kier alpha value is -6.23. The van der Waals surface area contributed by atoms with Crippen LogP contribution in [-0.4, -0.2) is 15.0 Å². The normalized spacial score (nSPS) is 11.7. The van der Waals surface area contributed by atoms with Crippen LogP contribution in [0.4, 0.5) is 0 Å². The van der Waals surface area contributed by atoms with E-state index in [0.29, 0.717) is 17.5 Å². The lowest BCUT2D eigenvalue weighted by atomic mass is 9.96. The summed E-state index contributed by atoms with van der Waals surface area (Å²) in [5, 5.41) is 9.58. The molecule has 2 aromatic heterocycles. The highest BCUT2D eigenvalue weighted by Gasteiger charge is 2.17. The van der Waals surface area contributed by atoms with Crippen molar-refractivity contribution in [3.05, 3.63) is 164 Å². The third-order valence-corrected chi connectivity index (χ3v) is 10.6.